The third-order valence-corrected chi connectivity index (χ3v) is 2.14. The predicted molar refractivity (Wildman–Crippen MR) is 55.2 cm³/mol. The van der Waals surface area contributed by atoms with Crippen LogP contribution < -0.4 is 0 Å². The molecule has 0 amide bonds. The summed E-state index contributed by atoms with van der Waals surface area (Å²) >= 11 is 1.37. The molecule has 74 valence electrons. The van der Waals surface area contributed by atoms with Gasteiger partial charge in [-0.2, -0.15) is 0 Å². The van der Waals surface area contributed by atoms with Gasteiger partial charge in [-0.05, 0) is 6.26 Å². The maximum Gasteiger partial charge on any atom is 0.357 e. The van der Waals surface area contributed by atoms with Crippen molar-refractivity contribution < 1.29 is 9.53 Å². The molecule has 0 unspecified atom stereocenters. The van der Waals surface area contributed by atoms with Crippen molar-refractivity contribution in [1.29, 1.82) is 0 Å². The molecule has 0 bridgehead atoms. The fraction of sp³-hybridized carbons (Fsp3) is 0.222. The van der Waals surface area contributed by atoms with Gasteiger partial charge in [0.25, 0.3) is 0 Å². The van der Waals surface area contributed by atoms with Gasteiger partial charge in [-0.3, -0.25) is 0 Å². The second-order valence-electron chi connectivity index (χ2n) is 2.36. The van der Waals surface area contributed by atoms with Crippen LogP contribution >= 0.6 is 11.8 Å². The van der Waals surface area contributed by atoms with Crippen molar-refractivity contribution in [2.24, 2.45) is 0 Å². The number of nitrogens with zero attached hydrogens (tertiary/aromatic N) is 2. The second-order valence-corrected chi connectivity index (χ2v) is 3.13. The molecule has 0 N–H and O–H groups in total. The monoisotopic (exact) mass is 210 g/mol. The Bertz CT molecular complexity index is 366. The van der Waals surface area contributed by atoms with Gasteiger partial charge < -0.3 is 4.74 Å². The lowest BCUT2D eigenvalue weighted by atomic mass is 10.2. The van der Waals surface area contributed by atoms with E-state index in [9.17, 15) is 4.79 Å². The lowest BCUT2D eigenvalue weighted by molar-refractivity contribution is 0.0592. The first kappa shape index (κ1) is 10.7. The van der Waals surface area contributed by atoms with Crippen LogP contribution in [0.2, 0.25) is 0 Å². The van der Waals surface area contributed by atoms with Crippen molar-refractivity contribution in [3.63, 3.8) is 0 Å². The van der Waals surface area contributed by atoms with Gasteiger partial charge >= 0.3 is 5.97 Å². The van der Waals surface area contributed by atoms with Crippen molar-refractivity contribution in [1.82, 2.24) is 9.97 Å². The van der Waals surface area contributed by atoms with E-state index in [-0.39, 0.29) is 5.69 Å². The molecule has 1 aromatic rings. The van der Waals surface area contributed by atoms with Crippen molar-refractivity contribution in [3.8, 4) is 0 Å². The summed E-state index contributed by atoms with van der Waals surface area (Å²) in [6.45, 7) is 3.57. The Morgan fingerprint density at radius 3 is 2.93 bits per heavy atom. The van der Waals surface area contributed by atoms with E-state index in [1.54, 1.807) is 6.20 Å². The maximum absolute atomic E-state index is 11.3. The quantitative estimate of drug-likeness (QED) is 0.431. The van der Waals surface area contributed by atoms with Gasteiger partial charge in [-0.1, -0.05) is 24.4 Å². The smallest absolute Gasteiger partial charge is 0.357 e. The van der Waals surface area contributed by atoms with E-state index < -0.39 is 5.97 Å². The molecular weight excluding hydrogens is 200 g/mol. The van der Waals surface area contributed by atoms with Gasteiger partial charge in [0.1, 0.15) is 0 Å². The summed E-state index contributed by atoms with van der Waals surface area (Å²) in [5, 5.41) is 0.538. The molecule has 0 saturated carbocycles. The third-order valence-electron chi connectivity index (χ3n) is 1.58. The summed E-state index contributed by atoms with van der Waals surface area (Å²) in [6.07, 6.45) is 4.92. The Morgan fingerprint density at radius 1 is 1.71 bits per heavy atom. The summed E-state index contributed by atoms with van der Waals surface area (Å²) in [7, 11) is 1.32. The van der Waals surface area contributed by atoms with Crippen LogP contribution in [-0.4, -0.2) is 29.3 Å². The number of rotatable bonds is 3. The van der Waals surface area contributed by atoms with Gasteiger partial charge in [-0.25, -0.2) is 14.8 Å². The van der Waals surface area contributed by atoms with E-state index in [1.165, 1.54) is 24.9 Å². The molecule has 5 heteroatoms. The molecule has 1 heterocycles. The highest BCUT2D eigenvalue weighted by atomic mass is 32.2. The van der Waals surface area contributed by atoms with Gasteiger partial charge in [-0.15, -0.1) is 0 Å². The number of carbonyl (C=O) groups excluding carboxylic acids is 1. The third kappa shape index (κ3) is 2.11. The summed E-state index contributed by atoms with van der Waals surface area (Å²) < 4.78 is 4.59. The summed E-state index contributed by atoms with van der Waals surface area (Å²) in [6, 6.07) is 0. The molecule has 4 nitrogen and oxygen atoms in total. The summed E-state index contributed by atoms with van der Waals surface area (Å²) in [4.78, 5) is 19.3. The van der Waals surface area contributed by atoms with Crippen LogP contribution in [0.5, 0.6) is 0 Å². The highest BCUT2D eigenvalue weighted by Gasteiger charge is 2.13. The van der Waals surface area contributed by atoms with E-state index in [0.29, 0.717) is 10.7 Å². The van der Waals surface area contributed by atoms with Crippen LogP contribution in [0.25, 0.3) is 6.08 Å². The van der Waals surface area contributed by atoms with Crippen LogP contribution in [0.1, 0.15) is 16.1 Å². The van der Waals surface area contributed by atoms with Crippen LogP contribution in [0, 0.1) is 0 Å². The average molecular weight is 210 g/mol. The van der Waals surface area contributed by atoms with E-state index in [0.717, 1.165) is 0 Å². The first-order valence-corrected chi connectivity index (χ1v) is 5.07. The molecule has 0 aliphatic rings. The molecule has 1 aromatic heterocycles. The molecule has 14 heavy (non-hydrogen) atoms. The molecule has 0 aliphatic heterocycles. The first-order valence-electron chi connectivity index (χ1n) is 3.84. The fourth-order valence-electron chi connectivity index (χ4n) is 0.883. The molecule has 0 aliphatic carbocycles. The normalized spacial score (nSPS) is 9.57. The van der Waals surface area contributed by atoms with Gasteiger partial charge in [0.15, 0.2) is 10.9 Å². The second kappa shape index (κ2) is 4.76. The van der Waals surface area contributed by atoms with Gasteiger partial charge in [0, 0.05) is 11.8 Å². The zero-order valence-corrected chi connectivity index (χ0v) is 8.80. The lowest BCUT2D eigenvalue weighted by Crippen LogP contribution is -2.08. The molecule has 0 aromatic carbocycles. The van der Waals surface area contributed by atoms with Crippen molar-refractivity contribution >= 4 is 23.8 Å². The summed E-state index contributed by atoms with van der Waals surface area (Å²) in [5.74, 6) is -0.474. The Hall–Kier alpha value is -1.36. The molecule has 0 atom stereocenters. The number of ether oxygens (including phenoxy) is 1. The minimum Gasteiger partial charge on any atom is -0.464 e. The molecule has 1 rings (SSSR count). The van der Waals surface area contributed by atoms with Crippen molar-refractivity contribution in [2.45, 2.75) is 5.16 Å². The van der Waals surface area contributed by atoms with Crippen LogP contribution in [0.15, 0.2) is 17.9 Å². The first-order chi connectivity index (χ1) is 6.72. The zero-order chi connectivity index (χ0) is 10.6. The molecule has 0 radical (unpaired) electrons. The Morgan fingerprint density at radius 2 is 2.43 bits per heavy atom. The molecule has 0 saturated heterocycles. The predicted octanol–water partition coefficient (Wildman–Crippen LogP) is 1.63. The number of thioether (sulfide) groups is 1. The maximum atomic E-state index is 11.3. The number of hydrogen-bond acceptors (Lipinski definition) is 5. The van der Waals surface area contributed by atoms with E-state index in [4.69, 9.17) is 0 Å². The SMILES string of the molecule is C=Cc1cnc(SC)nc1C(=O)OC. The number of carbonyl (C=O) groups is 1. The standard InChI is InChI=1S/C9H10N2O2S/c1-4-6-5-10-9(14-3)11-7(6)8(12)13-2/h4-5H,1H2,2-3H3. The molecule has 0 spiro atoms. The lowest BCUT2D eigenvalue weighted by Gasteiger charge is -2.03. The Balaban J connectivity index is 3.21. The highest BCUT2D eigenvalue weighted by molar-refractivity contribution is 7.98. The minimum atomic E-state index is -0.474. The highest BCUT2D eigenvalue weighted by Crippen LogP contribution is 2.13. The fourth-order valence-corrected chi connectivity index (χ4v) is 1.22. The van der Waals surface area contributed by atoms with Gasteiger partial charge in [0.2, 0.25) is 0 Å². The summed E-state index contributed by atoms with van der Waals surface area (Å²) in [5.41, 5.74) is 0.830. The van der Waals surface area contributed by atoms with Crippen LogP contribution in [0.3, 0.4) is 0 Å². The zero-order valence-electron chi connectivity index (χ0n) is 7.98. The Labute approximate surface area is 86.4 Å². The van der Waals surface area contributed by atoms with Gasteiger partial charge in [0.05, 0.1) is 7.11 Å². The molecular formula is C9H10N2O2S. The number of hydrogen-bond donors (Lipinski definition) is 0. The minimum absolute atomic E-state index is 0.252. The van der Waals surface area contributed by atoms with Crippen LogP contribution in [0.4, 0.5) is 0 Å². The number of aromatic nitrogens is 2. The largest absolute Gasteiger partial charge is 0.464 e. The molecule has 0 fully saturated rings. The van der Waals surface area contributed by atoms with Crippen LogP contribution in [-0.2, 0) is 4.74 Å². The van der Waals surface area contributed by atoms with E-state index in [1.807, 2.05) is 6.26 Å². The van der Waals surface area contributed by atoms with E-state index in [2.05, 4.69) is 21.3 Å². The Kier molecular flexibility index (Phi) is 3.64. The number of methoxy groups -OCH3 is 1. The van der Waals surface area contributed by atoms with E-state index >= 15 is 0 Å². The topological polar surface area (TPSA) is 52.1 Å². The van der Waals surface area contributed by atoms with Crippen molar-refractivity contribution in [2.75, 3.05) is 13.4 Å². The van der Waals surface area contributed by atoms with Crippen molar-refractivity contribution in [3.05, 3.63) is 24.0 Å². The average Bonchev–Trinajstić information content (AvgIpc) is 2.27. The number of esters is 1.